The van der Waals surface area contributed by atoms with Crippen molar-refractivity contribution in [1.82, 2.24) is 15.8 Å². The van der Waals surface area contributed by atoms with E-state index in [1.54, 1.807) is 0 Å². The van der Waals surface area contributed by atoms with Crippen molar-refractivity contribution in [3.05, 3.63) is 35.9 Å². The first-order valence-electron chi connectivity index (χ1n) is 10.8. The van der Waals surface area contributed by atoms with Crippen LogP contribution in [0.5, 0.6) is 0 Å². The van der Waals surface area contributed by atoms with E-state index in [1.165, 1.54) is 0 Å². The van der Waals surface area contributed by atoms with Gasteiger partial charge in [-0.2, -0.15) is 0 Å². The number of hydrogen-bond acceptors (Lipinski definition) is 5. The minimum atomic E-state index is -0.902. The fraction of sp³-hybridized carbons (Fsp3) is 0.545. The Bertz CT molecular complexity index is 771. The smallest absolute Gasteiger partial charge is 0.408 e. The molecule has 0 bridgehead atoms. The molecule has 4 N–H and O–H groups in total. The first-order chi connectivity index (χ1) is 15.4. The number of hydrazine groups is 1. The minimum Gasteiger partial charge on any atom is -0.445 e. The highest BCUT2D eigenvalue weighted by Crippen LogP contribution is 2.27. The van der Waals surface area contributed by atoms with Crippen LogP contribution in [-0.2, 0) is 25.7 Å². The number of nitrogens with two attached hydrogens (primary N) is 1. The van der Waals surface area contributed by atoms with E-state index in [4.69, 9.17) is 22.1 Å². The third-order valence-electron chi connectivity index (χ3n) is 5.36. The molecule has 1 fully saturated rings. The number of carbonyl (C=O) groups excluding carboxylic acids is 4. The van der Waals surface area contributed by atoms with Gasteiger partial charge in [-0.25, -0.2) is 4.79 Å². The Morgan fingerprint density at radius 3 is 2.44 bits per heavy atom. The maximum atomic E-state index is 13.0. The van der Waals surface area contributed by atoms with Gasteiger partial charge in [-0.05, 0) is 17.9 Å². The number of alkyl carbamates (subject to hydrolysis) is 1. The largest absolute Gasteiger partial charge is 0.445 e. The Hall–Kier alpha value is -2.81. The molecular weight excluding hydrogens is 436 g/mol. The van der Waals surface area contributed by atoms with Crippen LogP contribution in [0.1, 0.15) is 50.5 Å². The lowest BCUT2D eigenvalue weighted by atomic mass is 9.84. The zero-order valence-corrected chi connectivity index (χ0v) is 18.8. The van der Waals surface area contributed by atoms with Crippen LogP contribution in [0.4, 0.5) is 4.79 Å². The zero-order valence-electron chi connectivity index (χ0n) is 18.1. The summed E-state index contributed by atoms with van der Waals surface area (Å²) in [6.07, 6.45) is 4.81. The number of ether oxygens (including phenoxy) is 1. The number of hydrogen-bond donors (Lipinski definition) is 3. The molecule has 0 radical (unpaired) electrons. The second-order valence-electron chi connectivity index (χ2n) is 7.87. The van der Waals surface area contributed by atoms with E-state index in [1.807, 2.05) is 30.3 Å². The van der Waals surface area contributed by atoms with Gasteiger partial charge in [0, 0.05) is 6.42 Å². The molecule has 32 heavy (non-hydrogen) atoms. The van der Waals surface area contributed by atoms with Gasteiger partial charge in [0.15, 0.2) is 0 Å². The third-order valence-corrected chi connectivity index (χ3v) is 5.59. The molecule has 0 aromatic heterocycles. The summed E-state index contributed by atoms with van der Waals surface area (Å²) in [5, 5.41) is 3.59. The summed E-state index contributed by atoms with van der Waals surface area (Å²) in [6.45, 7) is -0.0405. The van der Waals surface area contributed by atoms with Crippen LogP contribution < -0.4 is 16.5 Å². The van der Waals surface area contributed by atoms with Gasteiger partial charge in [-0.3, -0.25) is 24.8 Å². The lowest BCUT2D eigenvalue weighted by Crippen LogP contribution is -2.55. The number of benzene rings is 1. The number of nitrogens with one attached hydrogen (secondary N) is 2. The summed E-state index contributed by atoms with van der Waals surface area (Å²) in [6, 6.07) is 8.29. The molecule has 0 unspecified atom stereocenters. The van der Waals surface area contributed by atoms with Crippen LogP contribution in [0.3, 0.4) is 0 Å². The van der Waals surface area contributed by atoms with Crippen LogP contribution in [0.2, 0.25) is 0 Å². The maximum absolute atomic E-state index is 13.0. The van der Waals surface area contributed by atoms with Crippen molar-refractivity contribution in [2.24, 2.45) is 11.7 Å². The van der Waals surface area contributed by atoms with Gasteiger partial charge in [0.05, 0.1) is 6.54 Å². The first-order valence-corrected chi connectivity index (χ1v) is 11.3. The lowest BCUT2D eigenvalue weighted by Gasteiger charge is -2.29. The normalized spacial score (nSPS) is 14.8. The van der Waals surface area contributed by atoms with Gasteiger partial charge in [0.1, 0.15) is 18.5 Å². The predicted octanol–water partition coefficient (Wildman–Crippen LogP) is 2.23. The topological polar surface area (TPSA) is 131 Å². The van der Waals surface area contributed by atoms with Crippen molar-refractivity contribution in [2.45, 2.75) is 57.6 Å². The minimum absolute atomic E-state index is 0.0694. The molecule has 1 saturated carbocycles. The summed E-state index contributed by atoms with van der Waals surface area (Å²) in [5.74, 6) is -1.87. The SMILES string of the molecule is NC(=O)CCN(NC(=O)[C@H](CC1CCCCC1)NC(=O)OCc1ccccc1)C(=O)CCl. The van der Waals surface area contributed by atoms with Crippen LogP contribution in [0.15, 0.2) is 30.3 Å². The van der Waals surface area contributed by atoms with E-state index in [9.17, 15) is 19.2 Å². The number of carbonyl (C=O) groups is 4. The average Bonchev–Trinajstić information content (AvgIpc) is 2.80. The van der Waals surface area contributed by atoms with Crippen molar-refractivity contribution in [1.29, 1.82) is 0 Å². The van der Waals surface area contributed by atoms with Gasteiger partial charge in [-0.15, -0.1) is 11.6 Å². The van der Waals surface area contributed by atoms with Crippen molar-refractivity contribution >= 4 is 35.4 Å². The summed E-state index contributed by atoms with van der Waals surface area (Å²) in [5.41, 5.74) is 8.44. The number of primary amides is 1. The van der Waals surface area contributed by atoms with E-state index in [2.05, 4.69) is 10.7 Å². The monoisotopic (exact) mass is 466 g/mol. The van der Waals surface area contributed by atoms with Crippen LogP contribution in [-0.4, -0.2) is 47.3 Å². The maximum Gasteiger partial charge on any atom is 0.408 e. The highest BCUT2D eigenvalue weighted by Gasteiger charge is 2.28. The van der Waals surface area contributed by atoms with Crippen LogP contribution in [0, 0.1) is 5.92 Å². The van der Waals surface area contributed by atoms with E-state index in [-0.39, 0.29) is 31.4 Å². The molecule has 9 nitrogen and oxygen atoms in total. The van der Waals surface area contributed by atoms with Gasteiger partial charge in [-0.1, -0.05) is 62.4 Å². The fourth-order valence-corrected chi connectivity index (χ4v) is 3.79. The summed E-state index contributed by atoms with van der Waals surface area (Å²) in [4.78, 5) is 48.5. The fourth-order valence-electron chi connectivity index (χ4n) is 3.64. The number of rotatable bonds is 10. The Labute approximate surface area is 192 Å². The zero-order chi connectivity index (χ0) is 23.3. The van der Waals surface area contributed by atoms with Gasteiger partial charge in [0.25, 0.3) is 11.8 Å². The Morgan fingerprint density at radius 1 is 1.12 bits per heavy atom. The van der Waals surface area contributed by atoms with E-state index >= 15 is 0 Å². The molecule has 10 heteroatoms. The third kappa shape index (κ3) is 9.13. The second kappa shape index (κ2) is 13.6. The Kier molecular flexibility index (Phi) is 10.8. The van der Waals surface area contributed by atoms with E-state index in [0.717, 1.165) is 42.7 Å². The quantitative estimate of drug-likeness (QED) is 0.359. The molecule has 2 rings (SSSR count). The number of amides is 4. The molecule has 1 aliphatic carbocycles. The van der Waals surface area contributed by atoms with Crippen LogP contribution >= 0.6 is 11.6 Å². The highest BCUT2D eigenvalue weighted by molar-refractivity contribution is 6.27. The highest BCUT2D eigenvalue weighted by atomic mass is 35.5. The molecule has 0 heterocycles. The molecule has 176 valence electrons. The summed E-state index contributed by atoms with van der Waals surface area (Å²) >= 11 is 5.62. The standard InChI is InChI=1S/C22H31ClN4O5/c23-14-20(29)27(12-11-19(24)28)26-21(30)18(13-16-7-3-1-4-8-16)25-22(31)32-15-17-9-5-2-6-10-17/h2,5-6,9-10,16,18H,1,3-4,7-8,11-15H2,(H2,24,28)(H,25,31)(H,26,30)/t18-/m0/s1. The molecule has 1 atom stereocenters. The molecule has 1 aromatic carbocycles. The lowest BCUT2D eigenvalue weighted by molar-refractivity contribution is -0.141. The molecule has 0 spiro atoms. The van der Waals surface area contributed by atoms with Crippen LogP contribution in [0.25, 0.3) is 0 Å². The molecule has 1 aliphatic rings. The number of halogens is 1. The molecule has 0 aliphatic heterocycles. The number of nitrogens with zero attached hydrogens (tertiary/aromatic N) is 1. The molecule has 4 amide bonds. The molecular formula is C22H31ClN4O5. The van der Waals surface area contributed by atoms with Gasteiger partial charge < -0.3 is 15.8 Å². The van der Waals surface area contributed by atoms with Crippen molar-refractivity contribution in [3.8, 4) is 0 Å². The van der Waals surface area contributed by atoms with Crippen molar-refractivity contribution in [2.75, 3.05) is 12.4 Å². The second-order valence-corrected chi connectivity index (χ2v) is 8.14. The average molecular weight is 467 g/mol. The first kappa shape index (κ1) is 25.5. The van der Waals surface area contributed by atoms with Gasteiger partial charge in [0.2, 0.25) is 5.91 Å². The van der Waals surface area contributed by atoms with Crippen molar-refractivity contribution < 1.29 is 23.9 Å². The van der Waals surface area contributed by atoms with Crippen molar-refractivity contribution in [3.63, 3.8) is 0 Å². The Morgan fingerprint density at radius 2 is 1.81 bits per heavy atom. The summed E-state index contributed by atoms with van der Waals surface area (Å²) in [7, 11) is 0. The Balaban J connectivity index is 2.02. The molecule has 1 aromatic rings. The molecule has 0 saturated heterocycles. The van der Waals surface area contributed by atoms with E-state index in [0.29, 0.717) is 6.42 Å². The van der Waals surface area contributed by atoms with E-state index < -0.39 is 29.9 Å². The number of alkyl halides is 1. The predicted molar refractivity (Wildman–Crippen MR) is 119 cm³/mol. The summed E-state index contributed by atoms with van der Waals surface area (Å²) < 4.78 is 5.26. The van der Waals surface area contributed by atoms with Gasteiger partial charge >= 0.3 is 6.09 Å².